The highest BCUT2D eigenvalue weighted by Crippen LogP contribution is 1.46. The predicted molar refractivity (Wildman–Crippen MR) is 22.0 cm³/mol. The molecule has 0 rings (SSSR count). The van der Waals surface area contributed by atoms with E-state index in [1.807, 2.05) is 0 Å². The van der Waals surface area contributed by atoms with Gasteiger partial charge in [-0.25, -0.2) is 0 Å². The Balaban J connectivity index is 3.16. The summed E-state index contributed by atoms with van der Waals surface area (Å²) >= 11 is 0. The van der Waals surface area contributed by atoms with E-state index in [2.05, 4.69) is 31.4 Å². The maximum absolute atomic E-state index is 3.21. The fourth-order valence-electron chi connectivity index (χ4n) is 0.0625. The summed E-state index contributed by atoms with van der Waals surface area (Å²) in [7, 11) is 0. The van der Waals surface area contributed by atoms with Crippen molar-refractivity contribution in [2.45, 2.75) is 0 Å². The summed E-state index contributed by atoms with van der Waals surface area (Å²) in [4.78, 5) is 0. The molecule has 0 aliphatic carbocycles. The normalized spacial score (nSPS) is 4.20. The van der Waals surface area contributed by atoms with Crippen LogP contribution in [0.1, 0.15) is 0 Å². The monoisotopic (exact) mass is 64.0 g/mol. The quantitative estimate of drug-likeness (QED) is 0.366. The van der Waals surface area contributed by atoms with Crippen molar-refractivity contribution in [1.82, 2.24) is 0 Å². The van der Waals surface area contributed by atoms with Crippen LogP contribution in [0.15, 0.2) is 6.58 Å². The molecule has 0 heteroatoms. The first-order chi connectivity index (χ1) is 2.41. The van der Waals surface area contributed by atoms with Crippen LogP contribution in [-0.4, -0.2) is 0 Å². The molecule has 0 aromatic rings. The Kier molecular flexibility index (Phi) is 2.84. The summed E-state index contributed by atoms with van der Waals surface area (Å²) in [6.07, 6.45) is 2.34. The van der Waals surface area contributed by atoms with Crippen LogP contribution in [0.25, 0.3) is 0 Å². The first-order valence-corrected chi connectivity index (χ1v) is 1.21. The minimum atomic E-state index is 2.34. The van der Waals surface area contributed by atoms with Crippen molar-refractivity contribution in [3.05, 3.63) is 19.6 Å². The first kappa shape index (κ1) is 4.30. The Morgan fingerprint density at radius 2 is 2.00 bits per heavy atom. The molecular formula is C5H4. The zero-order valence-corrected chi connectivity index (χ0v) is 2.91. The van der Waals surface area contributed by atoms with Crippen LogP contribution in [0.4, 0.5) is 0 Å². The van der Waals surface area contributed by atoms with Gasteiger partial charge in [0.1, 0.15) is 0 Å². The van der Waals surface area contributed by atoms with Gasteiger partial charge in [0.2, 0.25) is 0 Å². The molecule has 2 radical (unpaired) electrons. The van der Waals surface area contributed by atoms with Crippen molar-refractivity contribution in [3.63, 3.8) is 0 Å². The van der Waals surface area contributed by atoms with Crippen molar-refractivity contribution in [1.29, 1.82) is 0 Å². The maximum Gasteiger partial charge on any atom is 0.0324 e. The molecule has 0 heterocycles. The third kappa shape index (κ3) is 3.30. The highest BCUT2D eigenvalue weighted by atomic mass is 13.4. The van der Waals surface area contributed by atoms with E-state index in [-0.39, 0.29) is 0 Å². The van der Waals surface area contributed by atoms with E-state index in [1.165, 1.54) is 0 Å². The highest BCUT2D eigenvalue weighted by Gasteiger charge is 1.38. The van der Waals surface area contributed by atoms with Crippen molar-refractivity contribution in [3.8, 4) is 11.8 Å². The average Bonchev–Trinajstić information content (AvgIpc) is 1.41. The summed E-state index contributed by atoms with van der Waals surface area (Å²) in [6, 6.07) is 0. The second-order valence-electron chi connectivity index (χ2n) is 0.479. The molecule has 0 nitrogen and oxygen atoms in total. The van der Waals surface area contributed by atoms with Crippen LogP contribution in [0, 0.1) is 24.8 Å². The van der Waals surface area contributed by atoms with Crippen LogP contribution in [0.3, 0.4) is 0 Å². The molecule has 24 valence electrons. The number of hydrogen-bond donors (Lipinski definition) is 0. The van der Waals surface area contributed by atoms with Crippen LogP contribution >= 0.6 is 0 Å². The molecule has 0 aromatic carbocycles. The van der Waals surface area contributed by atoms with Gasteiger partial charge in [-0.15, -0.1) is 0 Å². The van der Waals surface area contributed by atoms with E-state index >= 15 is 0 Å². The molecule has 0 aromatic heterocycles. The van der Waals surface area contributed by atoms with Crippen molar-refractivity contribution >= 4 is 0 Å². The molecule has 0 atom stereocenters. The summed E-state index contributed by atoms with van der Waals surface area (Å²) < 4.78 is 0. The molecule has 0 saturated carbocycles. The predicted octanol–water partition coefficient (Wildman–Crippen LogP) is 0.813. The van der Waals surface area contributed by atoms with Gasteiger partial charge in [-0.05, 0) is 0 Å². The topological polar surface area (TPSA) is 0 Å². The fraction of sp³-hybridized carbons (Fsp3) is 0. The van der Waals surface area contributed by atoms with E-state index in [0.29, 0.717) is 0 Å². The van der Waals surface area contributed by atoms with Crippen molar-refractivity contribution < 1.29 is 0 Å². The lowest BCUT2D eigenvalue weighted by Gasteiger charge is -1.45. The molecular weight excluding hydrogens is 60.1 g/mol. The standard InChI is InChI=1S/C5H4/c1-3-5-4-2/h1-2H2. The third-order valence-corrected chi connectivity index (χ3v) is 0.177. The minimum Gasteiger partial charge on any atom is -0.0969 e. The summed E-state index contributed by atoms with van der Waals surface area (Å²) in [5.74, 6) is 4.73. The third-order valence-electron chi connectivity index (χ3n) is 0.177. The molecule has 0 fully saturated rings. The van der Waals surface area contributed by atoms with E-state index in [9.17, 15) is 0 Å². The molecule has 0 spiro atoms. The molecule has 0 aliphatic heterocycles. The Morgan fingerprint density at radius 1 is 1.40 bits per heavy atom. The molecule has 0 unspecified atom stereocenters. The number of rotatable bonds is 0. The van der Waals surface area contributed by atoms with Crippen molar-refractivity contribution in [2.75, 3.05) is 0 Å². The van der Waals surface area contributed by atoms with Gasteiger partial charge in [-0.2, -0.15) is 0 Å². The average molecular weight is 64.1 g/mol. The van der Waals surface area contributed by atoms with Gasteiger partial charge in [0, 0.05) is 13.0 Å². The van der Waals surface area contributed by atoms with Gasteiger partial charge in [0.05, 0.1) is 0 Å². The van der Waals surface area contributed by atoms with E-state index < -0.39 is 0 Å². The van der Waals surface area contributed by atoms with Crippen LogP contribution in [-0.2, 0) is 0 Å². The van der Waals surface area contributed by atoms with E-state index in [4.69, 9.17) is 0 Å². The Bertz CT molecular complexity index is 69.8. The first-order valence-electron chi connectivity index (χ1n) is 1.21. The zero-order valence-electron chi connectivity index (χ0n) is 2.91. The SMILES string of the molecule is [CH2]C#C[C]=C. The second kappa shape index (κ2) is 3.30. The molecule has 0 aliphatic rings. The number of allylic oxidation sites excluding steroid dienone is 1. The van der Waals surface area contributed by atoms with E-state index in [1.54, 1.807) is 0 Å². The van der Waals surface area contributed by atoms with Crippen LogP contribution < -0.4 is 0 Å². The molecule has 0 saturated heterocycles. The maximum atomic E-state index is 3.21. The van der Waals surface area contributed by atoms with Crippen LogP contribution in [0.2, 0.25) is 0 Å². The van der Waals surface area contributed by atoms with Gasteiger partial charge in [0.25, 0.3) is 0 Å². The number of hydrogen-bond acceptors (Lipinski definition) is 0. The molecule has 0 N–H and O–H groups in total. The largest absolute Gasteiger partial charge is 0.0969 e. The van der Waals surface area contributed by atoms with Gasteiger partial charge < -0.3 is 0 Å². The Labute approximate surface area is 32.5 Å². The summed E-state index contributed by atoms with van der Waals surface area (Å²) in [5.41, 5.74) is 0. The van der Waals surface area contributed by atoms with Gasteiger partial charge in [0.15, 0.2) is 0 Å². The summed E-state index contributed by atoms with van der Waals surface area (Å²) in [6.45, 7) is 6.42. The van der Waals surface area contributed by atoms with Crippen molar-refractivity contribution in [2.24, 2.45) is 0 Å². The highest BCUT2D eigenvalue weighted by molar-refractivity contribution is 5.07. The van der Waals surface area contributed by atoms with Gasteiger partial charge in [-0.3, -0.25) is 0 Å². The lowest BCUT2D eigenvalue weighted by atomic mass is 10.6. The Morgan fingerprint density at radius 3 is 2.00 bits per heavy atom. The zero-order chi connectivity index (χ0) is 4.12. The minimum absolute atomic E-state index is 2.34. The Hall–Kier alpha value is -0.700. The lowest BCUT2D eigenvalue weighted by molar-refractivity contribution is 2.14. The van der Waals surface area contributed by atoms with Crippen LogP contribution in [0.5, 0.6) is 0 Å². The smallest absolute Gasteiger partial charge is 0.0324 e. The fourth-order valence-corrected chi connectivity index (χ4v) is 0.0625. The molecule has 0 amide bonds. The van der Waals surface area contributed by atoms with E-state index in [0.717, 1.165) is 0 Å². The summed E-state index contributed by atoms with van der Waals surface area (Å²) in [5, 5.41) is 0. The lowest BCUT2D eigenvalue weighted by Crippen LogP contribution is -1.37. The van der Waals surface area contributed by atoms with Gasteiger partial charge >= 0.3 is 0 Å². The second-order valence-corrected chi connectivity index (χ2v) is 0.479. The molecule has 0 bridgehead atoms. The molecule has 5 heavy (non-hydrogen) atoms. The van der Waals surface area contributed by atoms with Gasteiger partial charge in [-0.1, -0.05) is 18.4 Å².